The zero-order valence-electron chi connectivity index (χ0n) is 18.3. The number of benzene rings is 2. The van der Waals surface area contributed by atoms with Crippen molar-refractivity contribution in [2.45, 2.75) is 6.54 Å². The van der Waals surface area contributed by atoms with Gasteiger partial charge in [0, 0.05) is 58.5 Å². The van der Waals surface area contributed by atoms with Gasteiger partial charge in [0.2, 0.25) is 5.91 Å². The molecule has 2 rings (SSSR count). The Hall–Kier alpha value is -3.17. The molecule has 9 heteroatoms. The average molecular weight is 432 g/mol. The highest BCUT2D eigenvalue weighted by Gasteiger charge is 2.18. The number of nitrogens with one attached hydrogen (secondary N) is 2. The lowest BCUT2D eigenvalue weighted by molar-refractivity contribution is -0.119. The number of carbonyl (C=O) groups is 2. The topological polar surface area (TPSA) is 83.1 Å². The van der Waals surface area contributed by atoms with E-state index in [0.717, 1.165) is 11.3 Å². The van der Waals surface area contributed by atoms with Crippen LogP contribution in [0.4, 0.5) is 26.2 Å². The Morgan fingerprint density at radius 3 is 2.39 bits per heavy atom. The van der Waals surface area contributed by atoms with E-state index in [2.05, 4.69) is 10.6 Å². The predicted octanol–water partition coefficient (Wildman–Crippen LogP) is 3.16. The molecule has 0 aromatic heterocycles. The Kier molecular flexibility index (Phi) is 9.23. The maximum Gasteiger partial charge on any atom is 0.322 e. The Morgan fingerprint density at radius 1 is 1.00 bits per heavy atom. The summed E-state index contributed by atoms with van der Waals surface area (Å²) in [5.74, 6) is -0.707. The summed E-state index contributed by atoms with van der Waals surface area (Å²) in [5, 5.41) is 5.49. The first-order valence-electron chi connectivity index (χ1n) is 9.73. The lowest BCUT2D eigenvalue weighted by Gasteiger charge is -2.26. The van der Waals surface area contributed by atoms with Gasteiger partial charge in [0.1, 0.15) is 12.4 Å². The Morgan fingerprint density at radius 2 is 1.74 bits per heavy atom. The quantitative estimate of drug-likeness (QED) is 0.603. The van der Waals surface area contributed by atoms with Crippen molar-refractivity contribution in [3.8, 4) is 0 Å². The summed E-state index contributed by atoms with van der Waals surface area (Å²) in [5.41, 5.74) is 2.68. The zero-order valence-corrected chi connectivity index (χ0v) is 18.3. The maximum absolute atomic E-state index is 13.5. The second-order valence-electron chi connectivity index (χ2n) is 7.07. The van der Waals surface area contributed by atoms with Crippen LogP contribution >= 0.6 is 0 Å². The molecule has 0 saturated heterocycles. The molecule has 2 aromatic rings. The molecule has 0 spiro atoms. The number of carbonyl (C=O) groups excluding carboxylic acids is 2. The summed E-state index contributed by atoms with van der Waals surface area (Å²) in [4.78, 5) is 28.3. The molecule has 2 aromatic carbocycles. The predicted molar refractivity (Wildman–Crippen MR) is 119 cm³/mol. The highest BCUT2D eigenvalue weighted by molar-refractivity contribution is 5.92. The van der Waals surface area contributed by atoms with E-state index in [4.69, 9.17) is 9.47 Å². The van der Waals surface area contributed by atoms with Crippen LogP contribution in [-0.2, 0) is 20.8 Å². The van der Waals surface area contributed by atoms with Crippen molar-refractivity contribution in [1.82, 2.24) is 4.90 Å². The van der Waals surface area contributed by atoms with Crippen LogP contribution in [-0.4, -0.2) is 64.9 Å². The first-order chi connectivity index (χ1) is 14.8. The minimum atomic E-state index is -0.435. The lowest BCUT2D eigenvalue weighted by atomic mass is 10.1. The molecule has 0 radical (unpaired) electrons. The Balaban J connectivity index is 2.26. The minimum absolute atomic E-state index is 0.0548. The molecule has 0 fully saturated rings. The number of amides is 3. The van der Waals surface area contributed by atoms with E-state index in [1.54, 1.807) is 24.1 Å². The van der Waals surface area contributed by atoms with Crippen molar-refractivity contribution in [2.75, 3.05) is 63.6 Å². The third kappa shape index (κ3) is 7.54. The number of ether oxygens (including phenoxy) is 2. The Bertz CT molecular complexity index is 892. The van der Waals surface area contributed by atoms with Crippen LogP contribution in [0.25, 0.3) is 0 Å². The van der Waals surface area contributed by atoms with Gasteiger partial charge in [-0.2, -0.15) is 0 Å². The number of rotatable bonds is 10. The number of hydrogen-bond donors (Lipinski definition) is 2. The summed E-state index contributed by atoms with van der Waals surface area (Å²) in [6.07, 6.45) is 0. The molecule has 3 amide bonds. The fourth-order valence-electron chi connectivity index (χ4n) is 2.98. The van der Waals surface area contributed by atoms with Gasteiger partial charge in [-0.25, -0.2) is 9.18 Å². The summed E-state index contributed by atoms with van der Waals surface area (Å²) in [6.45, 7) is 0.857. The van der Waals surface area contributed by atoms with Gasteiger partial charge >= 0.3 is 6.03 Å². The second-order valence-corrected chi connectivity index (χ2v) is 7.07. The lowest BCUT2D eigenvalue weighted by Crippen LogP contribution is -2.37. The van der Waals surface area contributed by atoms with Crippen molar-refractivity contribution in [2.24, 2.45) is 0 Å². The smallest absolute Gasteiger partial charge is 0.322 e. The number of hydrogen-bond acceptors (Lipinski definition) is 5. The molecule has 0 aliphatic heterocycles. The zero-order chi connectivity index (χ0) is 22.8. The van der Waals surface area contributed by atoms with Crippen molar-refractivity contribution < 1.29 is 23.5 Å². The van der Waals surface area contributed by atoms with E-state index in [0.29, 0.717) is 24.5 Å². The third-order valence-electron chi connectivity index (χ3n) is 4.41. The summed E-state index contributed by atoms with van der Waals surface area (Å²) < 4.78 is 23.5. The summed E-state index contributed by atoms with van der Waals surface area (Å²) >= 11 is 0. The van der Waals surface area contributed by atoms with Gasteiger partial charge in [0.15, 0.2) is 0 Å². The van der Waals surface area contributed by atoms with Gasteiger partial charge in [-0.1, -0.05) is 6.07 Å². The molecule has 31 heavy (non-hydrogen) atoms. The van der Waals surface area contributed by atoms with E-state index in [9.17, 15) is 14.0 Å². The molecule has 2 N–H and O–H groups in total. The fourth-order valence-corrected chi connectivity index (χ4v) is 2.98. The SMILES string of the molecule is COCCN(Cc1cc(NC(=O)COC)ccc1N(C)C)C(=O)Nc1cccc(F)c1. The van der Waals surface area contributed by atoms with Gasteiger partial charge in [-0.05, 0) is 42.0 Å². The molecule has 0 atom stereocenters. The van der Waals surface area contributed by atoms with Gasteiger partial charge < -0.3 is 29.9 Å². The monoisotopic (exact) mass is 432 g/mol. The van der Waals surface area contributed by atoms with E-state index in [-0.39, 0.29) is 25.1 Å². The summed E-state index contributed by atoms with van der Waals surface area (Å²) in [7, 11) is 6.80. The molecule has 0 heterocycles. The molecule has 168 valence electrons. The van der Waals surface area contributed by atoms with Crippen LogP contribution in [0.15, 0.2) is 42.5 Å². The van der Waals surface area contributed by atoms with Gasteiger partial charge in [-0.3, -0.25) is 4.79 Å². The number of halogens is 1. The largest absolute Gasteiger partial charge is 0.383 e. The van der Waals surface area contributed by atoms with Crippen molar-refractivity contribution >= 4 is 29.0 Å². The summed E-state index contributed by atoms with van der Waals surface area (Å²) in [6, 6.07) is 10.8. The number of methoxy groups -OCH3 is 2. The second kappa shape index (κ2) is 11.9. The molecular weight excluding hydrogens is 403 g/mol. The Labute approximate surface area is 181 Å². The molecular formula is C22H29FN4O4. The standard InChI is InChI=1S/C22H29FN4O4/c1-26(2)20-9-8-19(24-21(28)15-31-4)12-16(20)14-27(10-11-30-3)22(29)25-18-7-5-6-17(23)13-18/h5-9,12-13H,10-11,14-15H2,1-4H3,(H,24,28)(H,25,29). The molecule has 0 unspecified atom stereocenters. The molecule has 0 aliphatic carbocycles. The van der Waals surface area contributed by atoms with E-state index >= 15 is 0 Å². The number of urea groups is 1. The van der Waals surface area contributed by atoms with Crippen LogP contribution in [0.2, 0.25) is 0 Å². The average Bonchev–Trinajstić information content (AvgIpc) is 2.71. The fraction of sp³-hybridized carbons (Fsp3) is 0.364. The van der Waals surface area contributed by atoms with Crippen molar-refractivity contribution in [3.63, 3.8) is 0 Å². The molecule has 0 aliphatic rings. The van der Waals surface area contributed by atoms with Crippen molar-refractivity contribution in [1.29, 1.82) is 0 Å². The van der Waals surface area contributed by atoms with Crippen LogP contribution in [0.5, 0.6) is 0 Å². The maximum atomic E-state index is 13.5. The molecule has 0 bridgehead atoms. The van der Waals surface area contributed by atoms with E-state index < -0.39 is 5.82 Å². The number of nitrogens with zero attached hydrogens (tertiary/aromatic N) is 2. The van der Waals surface area contributed by atoms with Crippen LogP contribution in [0, 0.1) is 5.82 Å². The van der Waals surface area contributed by atoms with Crippen LogP contribution in [0.1, 0.15) is 5.56 Å². The van der Waals surface area contributed by atoms with Crippen molar-refractivity contribution in [3.05, 3.63) is 53.8 Å². The van der Waals surface area contributed by atoms with Crippen LogP contribution in [0.3, 0.4) is 0 Å². The number of anilines is 3. The third-order valence-corrected chi connectivity index (χ3v) is 4.41. The first-order valence-corrected chi connectivity index (χ1v) is 9.73. The van der Waals surface area contributed by atoms with E-state index in [1.807, 2.05) is 31.1 Å². The minimum Gasteiger partial charge on any atom is -0.383 e. The molecule has 0 saturated carbocycles. The van der Waals surface area contributed by atoms with Gasteiger partial charge in [0.05, 0.1) is 6.61 Å². The van der Waals surface area contributed by atoms with Gasteiger partial charge in [0.25, 0.3) is 0 Å². The first kappa shape index (κ1) is 24.1. The molecule has 8 nitrogen and oxygen atoms in total. The normalized spacial score (nSPS) is 10.5. The van der Waals surface area contributed by atoms with Gasteiger partial charge in [-0.15, -0.1) is 0 Å². The van der Waals surface area contributed by atoms with E-state index in [1.165, 1.54) is 25.3 Å². The van der Waals surface area contributed by atoms with Crippen LogP contribution < -0.4 is 15.5 Å². The highest BCUT2D eigenvalue weighted by Crippen LogP contribution is 2.25. The highest BCUT2D eigenvalue weighted by atomic mass is 19.1.